The van der Waals surface area contributed by atoms with Crippen molar-refractivity contribution in [3.63, 3.8) is 0 Å². The summed E-state index contributed by atoms with van der Waals surface area (Å²) in [7, 11) is 0. The number of anilines is 1. The van der Waals surface area contributed by atoms with Crippen LogP contribution < -0.4 is 20.9 Å². The summed E-state index contributed by atoms with van der Waals surface area (Å²) in [5, 5.41) is 2.77. The average molecular weight is 383 g/mol. The molecule has 0 aliphatic carbocycles. The molecule has 0 aromatic heterocycles. The van der Waals surface area contributed by atoms with Crippen LogP contribution in [0.4, 0.5) is 5.69 Å². The number of rotatable bonds is 8. The first-order valence-corrected chi connectivity index (χ1v) is 9.21. The third-order valence-corrected chi connectivity index (χ3v) is 3.91. The van der Waals surface area contributed by atoms with Gasteiger partial charge >= 0.3 is 0 Å². The van der Waals surface area contributed by atoms with Crippen LogP contribution in [0.1, 0.15) is 43.5 Å². The maximum absolute atomic E-state index is 12.2. The monoisotopic (exact) mass is 383 g/mol. The summed E-state index contributed by atoms with van der Waals surface area (Å²) in [6.45, 7) is 3.61. The molecule has 148 valence electrons. The average Bonchev–Trinajstić information content (AvgIpc) is 2.71. The Morgan fingerprint density at radius 3 is 2.29 bits per heavy atom. The Kier molecular flexibility index (Phi) is 8.02. The first kappa shape index (κ1) is 21.0. The zero-order chi connectivity index (χ0) is 20.4. The van der Waals surface area contributed by atoms with Gasteiger partial charge in [-0.1, -0.05) is 31.5 Å². The van der Waals surface area contributed by atoms with Crippen LogP contribution >= 0.6 is 0 Å². The van der Waals surface area contributed by atoms with Gasteiger partial charge in [0.25, 0.3) is 11.8 Å². The predicted octanol–water partition coefficient (Wildman–Crippen LogP) is 3.04. The number of benzene rings is 2. The van der Waals surface area contributed by atoms with Crippen LogP contribution in [0.25, 0.3) is 0 Å². The number of para-hydroxylation sites is 1. The molecule has 0 saturated heterocycles. The number of hydrazine groups is 1. The molecule has 0 fully saturated rings. The minimum atomic E-state index is -0.775. The predicted molar refractivity (Wildman–Crippen MR) is 107 cm³/mol. The second-order valence-corrected chi connectivity index (χ2v) is 6.25. The molecule has 0 aliphatic heterocycles. The van der Waals surface area contributed by atoms with Crippen LogP contribution in [-0.2, 0) is 9.59 Å². The maximum atomic E-state index is 12.2. The summed E-state index contributed by atoms with van der Waals surface area (Å²) in [6, 6.07) is 15.4. The Labute approximate surface area is 164 Å². The summed E-state index contributed by atoms with van der Waals surface area (Å²) in [6.07, 6.45) is 1.48. The molecule has 2 rings (SSSR count). The van der Waals surface area contributed by atoms with Crippen LogP contribution in [0, 0.1) is 0 Å². The van der Waals surface area contributed by atoms with Crippen molar-refractivity contribution in [3.8, 4) is 5.75 Å². The lowest BCUT2D eigenvalue weighted by molar-refractivity contribution is -0.128. The van der Waals surface area contributed by atoms with Crippen molar-refractivity contribution in [2.45, 2.75) is 39.2 Å². The molecule has 1 atom stereocenters. The number of carbonyl (C=O) groups excluding carboxylic acids is 3. The lowest BCUT2D eigenvalue weighted by Gasteiger charge is -2.15. The first-order chi connectivity index (χ1) is 13.5. The van der Waals surface area contributed by atoms with Crippen molar-refractivity contribution in [2.75, 3.05) is 5.32 Å². The van der Waals surface area contributed by atoms with Crippen LogP contribution in [0.5, 0.6) is 5.75 Å². The Bertz CT molecular complexity index is 791. The summed E-state index contributed by atoms with van der Waals surface area (Å²) < 4.78 is 5.49. The Hall–Kier alpha value is -3.35. The van der Waals surface area contributed by atoms with Gasteiger partial charge in [0.1, 0.15) is 5.75 Å². The SMILES string of the molecule is CCCCC(=O)Nc1ccc(C(=O)NNC(=O)C(C)Oc2ccccc2)cc1. The number of unbranched alkanes of at least 4 members (excludes halogenated alkanes) is 1. The molecular weight excluding hydrogens is 358 g/mol. The zero-order valence-corrected chi connectivity index (χ0v) is 16.0. The normalized spacial score (nSPS) is 11.2. The van der Waals surface area contributed by atoms with E-state index < -0.39 is 17.9 Å². The second-order valence-electron chi connectivity index (χ2n) is 6.25. The highest BCUT2D eigenvalue weighted by molar-refractivity contribution is 5.97. The van der Waals surface area contributed by atoms with Crippen LogP contribution in [0.3, 0.4) is 0 Å². The summed E-state index contributed by atoms with van der Waals surface area (Å²) >= 11 is 0. The minimum absolute atomic E-state index is 0.0567. The molecule has 0 aliphatic rings. The van der Waals surface area contributed by atoms with Gasteiger partial charge < -0.3 is 10.1 Å². The van der Waals surface area contributed by atoms with Crippen molar-refractivity contribution in [2.24, 2.45) is 0 Å². The number of ether oxygens (including phenoxy) is 1. The maximum Gasteiger partial charge on any atom is 0.279 e. The highest BCUT2D eigenvalue weighted by Gasteiger charge is 2.16. The number of amides is 3. The van der Waals surface area contributed by atoms with E-state index in [1.807, 2.05) is 13.0 Å². The summed E-state index contributed by atoms with van der Waals surface area (Å²) in [5.41, 5.74) is 5.65. The van der Waals surface area contributed by atoms with Gasteiger partial charge in [0, 0.05) is 17.7 Å². The smallest absolute Gasteiger partial charge is 0.279 e. The van der Waals surface area contributed by atoms with Crippen molar-refractivity contribution in [1.29, 1.82) is 0 Å². The topological polar surface area (TPSA) is 96.5 Å². The lowest BCUT2D eigenvalue weighted by Crippen LogP contribution is -2.47. The molecule has 0 heterocycles. The van der Waals surface area contributed by atoms with Crippen molar-refractivity contribution in [3.05, 3.63) is 60.2 Å². The van der Waals surface area contributed by atoms with Crippen LogP contribution in [0.2, 0.25) is 0 Å². The van der Waals surface area contributed by atoms with Gasteiger partial charge in [-0.05, 0) is 49.7 Å². The third-order valence-electron chi connectivity index (χ3n) is 3.91. The van der Waals surface area contributed by atoms with E-state index in [1.165, 1.54) is 0 Å². The molecule has 2 aromatic carbocycles. The Morgan fingerprint density at radius 1 is 0.964 bits per heavy atom. The lowest BCUT2D eigenvalue weighted by atomic mass is 10.2. The van der Waals surface area contributed by atoms with E-state index in [9.17, 15) is 14.4 Å². The van der Waals surface area contributed by atoms with Crippen LogP contribution in [0.15, 0.2) is 54.6 Å². The molecule has 0 saturated carbocycles. The van der Waals surface area contributed by atoms with E-state index in [0.717, 1.165) is 12.8 Å². The first-order valence-electron chi connectivity index (χ1n) is 9.21. The highest BCUT2D eigenvalue weighted by Crippen LogP contribution is 2.12. The van der Waals surface area contributed by atoms with Crippen molar-refractivity contribution >= 4 is 23.4 Å². The van der Waals surface area contributed by atoms with Gasteiger partial charge in [-0.3, -0.25) is 25.2 Å². The Balaban J connectivity index is 1.80. The number of hydrogen-bond donors (Lipinski definition) is 3. The number of hydrogen-bond acceptors (Lipinski definition) is 4. The largest absolute Gasteiger partial charge is 0.481 e. The Morgan fingerprint density at radius 2 is 1.64 bits per heavy atom. The van der Waals surface area contributed by atoms with Gasteiger partial charge in [-0.15, -0.1) is 0 Å². The van der Waals surface area contributed by atoms with Gasteiger partial charge in [-0.25, -0.2) is 0 Å². The van der Waals surface area contributed by atoms with Crippen LogP contribution in [-0.4, -0.2) is 23.8 Å². The van der Waals surface area contributed by atoms with Gasteiger partial charge in [0.15, 0.2) is 6.10 Å². The molecule has 3 N–H and O–H groups in total. The molecule has 1 unspecified atom stereocenters. The second kappa shape index (κ2) is 10.7. The van der Waals surface area contributed by atoms with Gasteiger partial charge in [-0.2, -0.15) is 0 Å². The molecule has 28 heavy (non-hydrogen) atoms. The van der Waals surface area contributed by atoms with Gasteiger partial charge in [0.05, 0.1) is 0 Å². The molecule has 7 heteroatoms. The highest BCUT2D eigenvalue weighted by atomic mass is 16.5. The third kappa shape index (κ3) is 6.75. The minimum Gasteiger partial charge on any atom is -0.481 e. The summed E-state index contributed by atoms with van der Waals surface area (Å²) in [4.78, 5) is 35.9. The van der Waals surface area contributed by atoms with E-state index in [1.54, 1.807) is 55.5 Å². The molecule has 7 nitrogen and oxygen atoms in total. The molecule has 2 aromatic rings. The zero-order valence-electron chi connectivity index (χ0n) is 16.0. The molecular formula is C21H25N3O4. The fraction of sp³-hybridized carbons (Fsp3) is 0.286. The summed E-state index contributed by atoms with van der Waals surface area (Å²) in [5.74, 6) is -0.437. The molecule has 3 amide bonds. The molecule has 0 bridgehead atoms. The van der Waals surface area contributed by atoms with E-state index in [-0.39, 0.29) is 5.91 Å². The number of nitrogens with one attached hydrogen (secondary N) is 3. The van der Waals surface area contributed by atoms with E-state index in [4.69, 9.17) is 4.74 Å². The van der Waals surface area contributed by atoms with E-state index in [0.29, 0.717) is 23.4 Å². The molecule has 0 spiro atoms. The van der Waals surface area contributed by atoms with Gasteiger partial charge in [0.2, 0.25) is 5.91 Å². The fourth-order valence-corrected chi connectivity index (χ4v) is 2.31. The fourth-order valence-electron chi connectivity index (χ4n) is 2.31. The number of carbonyl (C=O) groups is 3. The van der Waals surface area contributed by atoms with Crippen molar-refractivity contribution < 1.29 is 19.1 Å². The quantitative estimate of drug-likeness (QED) is 0.611. The molecule has 0 radical (unpaired) electrons. The van der Waals surface area contributed by atoms with E-state index >= 15 is 0 Å². The van der Waals surface area contributed by atoms with Crippen molar-refractivity contribution in [1.82, 2.24) is 10.9 Å². The standard InChI is InChI=1S/C21H25N3O4/c1-3-4-10-19(25)22-17-13-11-16(12-14-17)21(27)24-23-20(26)15(2)28-18-8-6-5-7-9-18/h5-9,11-15H,3-4,10H2,1-2H3,(H,22,25)(H,23,26)(H,24,27). The van der Waals surface area contributed by atoms with E-state index in [2.05, 4.69) is 16.2 Å².